The Hall–Kier alpha value is -3.28. The van der Waals surface area contributed by atoms with Gasteiger partial charge in [0.25, 0.3) is 5.79 Å². The minimum atomic E-state index is -1.83. The molecule has 150 valence electrons. The quantitative estimate of drug-likeness (QED) is 0.240. The van der Waals surface area contributed by atoms with E-state index in [1.54, 1.807) is 24.3 Å². The van der Waals surface area contributed by atoms with Gasteiger partial charge >= 0.3 is 0 Å². The molecular formula is C26H22O4. The molecule has 0 aliphatic heterocycles. The van der Waals surface area contributed by atoms with E-state index in [2.05, 4.69) is 0 Å². The summed E-state index contributed by atoms with van der Waals surface area (Å²) in [4.78, 5) is 11.2. The van der Waals surface area contributed by atoms with Crippen LogP contribution in [-0.4, -0.2) is 5.11 Å². The minimum absolute atomic E-state index is 0.524. The Balaban J connectivity index is 1.59. The van der Waals surface area contributed by atoms with Crippen molar-refractivity contribution in [3.63, 3.8) is 0 Å². The zero-order valence-corrected chi connectivity index (χ0v) is 16.3. The van der Waals surface area contributed by atoms with Crippen LogP contribution >= 0.6 is 0 Å². The van der Waals surface area contributed by atoms with Gasteiger partial charge in [-0.25, -0.2) is 0 Å². The summed E-state index contributed by atoms with van der Waals surface area (Å²) in [6, 6.07) is 37.5. The molecule has 0 unspecified atom stereocenters. The van der Waals surface area contributed by atoms with Gasteiger partial charge in [0.1, 0.15) is 6.10 Å². The molecule has 0 fully saturated rings. The van der Waals surface area contributed by atoms with Crippen LogP contribution in [0.4, 0.5) is 0 Å². The summed E-state index contributed by atoms with van der Waals surface area (Å²) in [6.07, 6.45) is -0.525. The molecule has 0 saturated carbocycles. The summed E-state index contributed by atoms with van der Waals surface area (Å²) < 4.78 is 0. The van der Waals surface area contributed by atoms with E-state index in [4.69, 9.17) is 14.8 Å². The molecule has 4 aromatic carbocycles. The van der Waals surface area contributed by atoms with E-state index in [1.807, 2.05) is 97.1 Å². The van der Waals surface area contributed by atoms with Gasteiger partial charge in [-0.1, -0.05) is 126 Å². The summed E-state index contributed by atoms with van der Waals surface area (Å²) >= 11 is 0. The zero-order valence-electron chi connectivity index (χ0n) is 16.3. The third kappa shape index (κ3) is 4.48. The summed E-state index contributed by atoms with van der Waals surface area (Å²) in [5.41, 5.74) is 2.84. The Bertz CT molecular complexity index is 943. The summed E-state index contributed by atoms with van der Waals surface area (Å²) in [7, 11) is 0. The number of rotatable bonds is 8. The summed E-state index contributed by atoms with van der Waals surface area (Å²) in [5, 5.41) is 16.6. The Kier molecular flexibility index (Phi) is 6.32. The molecule has 1 N–H and O–H groups in total. The molecule has 4 nitrogen and oxygen atoms in total. The van der Waals surface area contributed by atoms with Gasteiger partial charge in [0.2, 0.25) is 0 Å². The standard InChI is InChI=1S/C26H22O4/c27-26(23-17-9-3-10-18-23,24-19-11-4-12-20-24)29-30-28-25(21-13-5-1-6-14-21)22-15-7-2-8-16-22/h1-20,25,27H. The molecule has 0 spiro atoms. The Morgan fingerprint density at radius 2 is 0.900 bits per heavy atom. The van der Waals surface area contributed by atoms with Crippen molar-refractivity contribution in [2.45, 2.75) is 11.9 Å². The van der Waals surface area contributed by atoms with Gasteiger partial charge in [-0.2, -0.15) is 9.78 Å². The number of aliphatic hydroxyl groups is 1. The van der Waals surface area contributed by atoms with Crippen LogP contribution in [0.1, 0.15) is 28.4 Å². The number of hydrogen-bond donors (Lipinski definition) is 1. The molecule has 0 atom stereocenters. The number of benzene rings is 4. The lowest BCUT2D eigenvalue weighted by molar-refractivity contribution is -0.576. The lowest BCUT2D eigenvalue weighted by atomic mass is 9.98. The zero-order chi connectivity index (χ0) is 20.7. The van der Waals surface area contributed by atoms with E-state index >= 15 is 0 Å². The predicted octanol–water partition coefficient (Wildman–Crippen LogP) is 5.55. The fourth-order valence-electron chi connectivity index (χ4n) is 3.26. The Labute approximate surface area is 175 Å². The third-order valence-corrected chi connectivity index (χ3v) is 4.82. The van der Waals surface area contributed by atoms with Crippen LogP contribution in [0.25, 0.3) is 0 Å². The SMILES string of the molecule is OC(OOOC(c1ccccc1)c1ccccc1)(c1ccccc1)c1ccccc1. The van der Waals surface area contributed by atoms with E-state index in [0.29, 0.717) is 11.1 Å². The summed E-state index contributed by atoms with van der Waals surface area (Å²) in [5.74, 6) is -1.83. The maximum Gasteiger partial charge on any atom is 0.254 e. The second-order valence-electron chi connectivity index (χ2n) is 6.83. The van der Waals surface area contributed by atoms with Crippen LogP contribution in [0.15, 0.2) is 121 Å². The smallest absolute Gasteiger partial charge is 0.254 e. The normalized spacial score (nSPS) is 11.5. The van der Waals surface area contributed by atoms with Crippen molar-refractivity contribution in [2.75, 3.05) is 0 Å². The highest BCUT2D eigenvalue weighted by Crippen LogP contribution is 2.33. The van der Waals surface area contributed by atoms with Crippen molar-refractivity contribution in [2.24, 2.45) is 0 Å². The lowest BCUT2D eigenvalue weighted by Crippen LogP contribution is -2.31. The maximum absolute atomic E-state index is 11.4. The average molecular weight is 398 g/mol. The molecule has 0 aliphatic carbocycles. The van der Waals surface area contributed by atoms with E-state index in [9.17, 15) is 5.11 Å². The molecule has 30 heavy (non-hydrogen) atoms. The fourth-order valence-corrected chi connectivity index (χ4v) is 3.26. The molecule has 0 amide bonds. The lowest BCUT2D eigenvalue weighted by Gasteiger charge is -2.27. The minimum Gasteiger partial charge on any atom is -0.356 e. The van der Waals surface area contributed by atoms with Crippen molar-refractivity contribution in [1.82, 2.24) is 0 Å². The second kappa shape index (κ2) is 9.48. The Morgan fingerprint density at radius 3 is 1.30 bits per heavy atom. The van der Waals surface area contributed by atoms with E-state index < -0.39 is 11.9 Å². The van der Waals surface area contributed by atoms with Gasteiger partial charge in [-0.05, 0) is 11.1 Å². The molecule has 4 aromatic rings. The van der Waals surface area contributed by atoms with Gasteiger partial charge < -0.3 is 5.11 Å². The van der Waals surface area contributed by atoms with Crippen LogP contribution in [0.3, 0.4) is 0 Å². The van der Waals surface area contributed by atoms with Gasteiger partial charge in [-0.3, -0.25) is 0 Å². The van der Waals surface area contributed by atoms with Gasteiger partial charge in [0.05, 0.1) is 0 Å². The highest BCUT2D eigenvalue weighted by molar-refractivity contribution is 5.33. The van der Waals surface area contributed by atoms with Gasteiger partial charge in [0.15, 0.2) is 0 Å². The molecule has 4 rings (SSSR count). The molecule has 0 bridgehead atoms. The van der Waals surface area contributed by atoms with Crippen LogP contribution in [0, 0.1) is 0 Å². The number of hydrogen-bond acceptors (Lipinski definition) is 4. The molecule has 0 saturated heterocycles. The van der Waals surface area contributed by atoms with Gasteiger partial charge in [0, 0.05) is 11.1 Å². The molecular weight excluding hydrogens is 376 g/mol. The van der Waals surface area contributed by atoms with Crippen LogP contribution in [0.2, 0.25) is 0 Å². The first-order chi connectivity index (χ1) is 14.8. The van der Waals surface area contributed by atoms with Crippen LogP contribution < -0.4 is 0 Å². The first kappa shape index (κ1) is 20.0. The van der Waals surface area contributed by atoms with Crippen molar-refractivity contribution < 1.29 is 19.9 Å². The van der Waals surface area contributed by atoms with Crippen molar-refractivity contribution in [3.05, 3.63) is 144 Å². The topological polar surface area (TPSA) is 47.9 Å². The van der Waals surface area contributed by atoms with Crippen molar-refractivity contribution in [1.29, 1.82) is 0 Å². The third-order valence-electron chi connectivity index (χ3n) is 4.82. The fraction of sp³-hybridized carbons (Fsp3) is 0.0769. The van der Waals surface area contributed by atoms with Crippen molar-refractivity contribution >= 4 is 0 Å². The molecule has 0 aromatic heterocycles. The first-order valence-corrected chi connectivity index (χ1v) is 9.72. The van der Waals surface area contributed by atoms with Crippen LogP contribution in [-0.2, 0) is 20.6 Å². The van der Waals surface area contributed by atoms with E-state index in [-0.39, 0.29) is 0 Å². The molecule has 0 radical (unpaired) electrons. The first-order valence-electron chi connectivity index (χ1n) is 9.72. The van der Waals surface area contributed by atoms with Crippen molar-refractivity contribution in [3.8, 4) is 0 Å². The molecule has 0 aliphatic rings. The largest absolute Gasteiger partial charge is 0.356 e. The maximum atomic E-state index is 11.4. The molecule has 0 heterocycles. The molecule has 4 heteroatoms. The highest BCUT2D eigenvalue weighted by atomic mass is 17.5. The monoisotopic (exact) mass is 398 g/mol. The predicted molar refractivity (Wildman–Crippen MR) is 114 cm³/mol. The highest BCUT2D eigenvalue weighted by Gasteiger charge is 2.35. The Morgan fingerprint density at radius 1 is 0.533 bits per heavy atom. The summed E-state index contributed by atoms with van der Waals surface area (Å²) in [6.45, 7) is 0. The van der Waals surface area contributed by atoms with Crippen LogP contribution in [0.5, 0.6) is 0 Å². The second-order valence-corrected chi connectivity index (χ2v) is 6.83. The average Bonchev–Trinajstić information content (AvgIpc) is 2.84. The van der Waals surface area contributed by atoms with E-state index in [1.165, 1.54) is 0 Å². The van der Waals surface area contributed by atoms with Gasteiger partial charge in [-0.15, -0.1) is 0 Å². The van der Waals surface area contributed by atoms with E-state index in [0.717, 1.165) is 11.1 Å².